The van der Waals surface area contributed by atoms with Crippen molar-refractivity contribution in [2.45, 2.75) is 19.1 Å². The second kappa shape index (κ2) is 4.87. The van der Waals surface area contributed by atoms with Gasteiger partial charge in [-0.15, -0.1) is 6.58 Å². The predicted octanol–water partition coefficient (Wildman–Crippen LogP) is -0.576. The van der Waals surface area contributed by atoms with Crippen molar-refractivity contribution in [3.8, 4) is 0 Å². The summed E-state index contributed by atoms with van der Waals surface area (Å²) in [6.45, 7) is 5.22. The molecule has 0 saturated heterocycles. The maximum atomic E-state index is 10.8. The second-order valence-corrected chi connectivity index (χ2v) is 2.00. The van der Waals surface area contributed by atoms with Gasteiger partial charge in [-0.2, -0.15) is 0 Å². The molecule has 2 atom stereocenters. The molecule has 64 valence electrons. The number of ether oxygens (including phenoxy) is 1. The van der Waals surface area contributed by atoms with Crippen LogP contribution in [0.1, 0.15) is 6.92 Å². The van der Waals surface area contributed by atoms with E-state index < -0.39 is 18.1 Å². The number of hydrogen-bond acceptors (Lipinski definition) is 4. The first kappa shape index (κ1) is 10.1. The Hall–Kier alpha value is -0.870. The zero-order valence-corrected chi connectivity index (χ0v) is 6.49. The number of aliphatic hydroxyl groups is 1. The normalized spacial score (nSPS) is 15.2. The Morgan fingerprint density at radius 2 is 2.45 bits per heavy atom. The van der Waals surface area contributed by atoms with Crippen LogP contribution in [0.4, 0.5) is 0 Å². The average molecular weight is 159 g/mol. The van der Waals surface area contributed by atoms with Crippen molar-refractivity contribution in [3.63, 3.8) is 0 Å². The van der Waals surface area contributed by atoms with E-state index in [0.717, 1.165) is 0 Å². The molecule has 4 nitrogen and oxygen atoms in total. The van der Waals surface area contributed by atoms with Gasteiger partial charge in [0.05, 0.1) is 12.7 Å². The Morgan fingerprint density at radius 3 is 2.82 bits per heavy atom. The Labute approximate surface area is 65.6 Å². The molecular formula is C7H13NO3. The number of carbonyl (C=O) groups is 1. The van der Waals surface area contributed by atoms with Crippen molar-refractivity contribution in [1.82, 2.24) is 0 Å². The molecule has 4 heteroatoms. The number of hydrogen-bond donors (Lipinski definition) is 2. The zero-order valence-electron chi connectivity index (χ0n) is 6.49. The lowest BCUT2D eigenvalue weighted by Gasteiger charge is -2.12. The first-order chi connectivity index (χ1) is 5.13. The fraction of sp³-hybridized carbons (Fsp3) is 0.571. The highest BCUT2D eigenvalue weighted by molar-refractivity contribution is 5.76. The molecule has 0 spiro atoms. The fourth-order valence-electron chi connectivity index (χ4n) is 0.525. The molecule has 0 bridgehead atoms. The molecule has 0 aliphatic heterocycles. The average Bonchev–Trinajstić information content (AvgIpc) is 2.02. The lowest BCUT2D eigenvalue weighted by molar-refractivity contribution is -0.146. The number of nitrogens with two attached hydrogens (primary N) is 1. The largest absolute Gasteiger partial charge is 0.465 e. The molecule has 0 saturated carbocycles. The van der Waals surface area contributed by atoms with E-state index in [1.54, 1.807) is 6.92 Å². The van der Waals surface area contributed by atoms with Crippen LogP contribution in [0.2, 0.25) is 0 Å². The summed E-state index contributed by atoms with van der Waals surface area (Å²) in [7, 11) is 0. The van der Waals surface area contributed by atoms with Gasteiger partial charge in [0.25, 0.3) is 0 Å². The second-order valence-electron chi connectivity index (χ2n) is 2.00. The van der Waals surface area contributed by atoms with E-state index in [2.05, 4.69) is 11.3 Å². The smallest absolute Gasteiger partial charge is 0.325 e. The maximum absolute atomic E-state index is 10.8. The minimum Gasteiger partial charge on any atom is -0.465 e. The first-order valence-electron chi connectivity index (χ1n) is 3.36. The van der Waals surface area contributed by atoms with Crippen LogP contribution in [0.3, 0.4) is 0 Å². The summed E-state index contributed by atoms with van der Waals surface area (Å²) in [4.78, 5) is 10.8. The van der Waals surface area contributed by atoms with Crippen LogP contribution in [0, 0.1) is 0 Å². The monoisotopic (exact) mass is 159 g/mol. The summed E-state index contributed by atoms with van der Waals surface area (Å²) in [6, 6.07) is -1.02. The Morgan fingerprint density at radius 1 is 1.91 bits per heavy atom. The van der Waals surface area contributed by atoms with Crippen molar-refractivity contribution in [2.75, 3.05) is 6.61 Å². The number of aliphatic hydroxyl groups excluding tert-OH is 1. The van der Waals surface area contributed by atoms with Gasteiger partial charge >= 0.3 is 5.97 Å². The lowest BCUT2D eigenvalue weighted by atomic mass is 10.2. The first-order valence-corrected chi connectivity index (χ1v) is 3.36. The molecule has 3 N–H and O–H groups in total. The fourth-order valence-corrected chi connectivity index (χ4v) is 0.525. The minimum absolute atomic E-state index is 0.260. The molecule has 0 aliphatic carbocycles. The van der Waals surface area contributed by atoms with Crippen LogP contribution in [-0.4, -0.2) is 29.8 Å². The molecule has 0 fully saturated rings. The molecule has 0 aliphatic rings. The van der Waals surface area contributed by atoms with E-state index in [1.807, 2.05) is 0 Å². The van der Waals surface area contributed by atoms with Crippen LogP contribution in [0.25, 0.3) is 0 Å². The van der Waals surface area contributed by atoms with Gasteiger partial charge < -0.3 is 15.6 Å². The van der Waals surface area contributed by atoms with E-state index in [9.17, 15) is 4.79 Å². The highest BCUT2D eigenvalue weighted by atomic mass is 16.5. The molecule has 0 aromatic carbocycles. The summed E-state index contributed by atoms with van der Waals surface area (Å²) < 4.78 is 4.55. The van der Waals surface area contributed by atoms with Gasteiger partial charge in [0.2, 0.25) is 0 Å². The van der Waals surface area contributed by atoms with Gasteiger partial charge in [0.15, 0.2) is 0 Å². The summed E-state index contributed by atoms with van der Waals surface area (Å²) in [5, 5.41) is 8.98. The number of esters is 1. The van der Waals surface area contributed by atoms with E-state index in [-0.39, 0.29) is 6.61 Å². The molecule has 11 heavy (non-hydrogen) atoms. The lowest BCUT2D eigenvalue weighted by Crippen LogP contribution is -2.41. The van der Waals surface area contributed by atoms with Gasteiger partial charge in [-0.05, 0) is 6.92 Å². The standard InChI is InChI=1S/C7H13NO3/c1-3-5(9)6(8)7(10)11-4-2/h3,5-6,9H,1,4,8H2,2H3/t5-,6+/m0/s1. The summed E-state index contributed by atoms with van der Waals surface area (Å²) in [6.07, 6.45) is 0.163. The molecule has 0 aromatic rings. The van der Waals surface area contributed by atoms with Gasteiger partial charge in [0, 0.05) is 0 Å². The third-order valence-corrected chi connectivity index (χ3v) is 1.17. The van der Waals surface area contributed by atoms with E-state index in [0.29, 0.717) is 0 Å². The van der Waals surface area contributed by atoms with E-state index >= 15 is 0 Å². The van der Waals surface area contributed by atoms with Crippen molar-refractivity contribution < 1.29 is 14.6 Å². The third-order valence-electron chi connectivity index (χ3n) is 1.17. The van der Waals surface area contributed by atoms with Crippen LogP contribution in [0.5, 0.6) is 0 Å². The molecule has 0 aromatic heterocycles. The van der Waals surface area contributed by atoms with Crippen LogP contribution >= 0.6 is 0 Å². The summed E-state index contributed by atoms with van der Waals surface area (Å²) in [5.41, 5.74) is 5.26. The molecule has 0 heterocycles. The summed E-state index contributed by atoms with van der Waals surface area (Å²) in [5.74, 6) is -0.611. The highest BCUT2D eigenvalue weighted by Gasteiger charge is 2.20. The third kappa shape index (κ3) is 3.15. The molecule has 0 rings (SSSR count). The van der Waals surface area contributed by atoms with Crippen LogP contribution in [-0.2, 0) is 9.53 Å². The van der Waals surface area contributed by atoms with E-state index in [1.165, 1.54) is 6.08 Å². The van der Waals surface area contributed by atoms with Crippen molar-refractivity contribution >= 4 is 5.97 Å². The van der Waals surface area contributed by atoms with E-state index in [4.69, 9.17) is 10.8 Å². The Kier molecular flexibility index (Phi) is 4.49. The van der Waals surface area contributed by atoms with Crippen LogP contribution in [0.15, 0.2) is 12.7 Å². The van der Waals surface area contributed by atoms with Gasteiger partial charge in [0.1, 0.15) is 6.04 Å². The van der Waals surface area contributed by atoms with Gasteiger partial charge in [-0.1, -0.05) is 6.08 Å². The summed E-state index contributed by atoms with van der Waals surface area (Å²) >= 11 is 0. The van der Waals surface area contributed by atoms with Crippen molar-refractivity contribution in [1.29, 1.82) is 0 Å². The predicted molar refractivity (Wildman–Crippen MR) is 40.8 cm³/mol. The maximum Gasteiger partial charge on any atom is 0.325 e. The minimum atomic E-state index is -1.03. The van der Waals surface area contributed by atoms with Crippen molar-refractivity contribution in [3.05, 3.63) is 12.7 Å². The highest BCUT2D eigenvalue weighted by Crippen LogP contribution is 1.94. The quantitative estimate of drug-likeness (QED) is 0.425. The molecule has 0 radical (unpaired) electrons. The molecule has 0 unspecified atom stereocenters. The Bertz CT molecular complexity index is 147. The Balaban J connectivity index is 3.90. The SMILES string of the molecule is C=C[C@H](O)[C@@H](N)C(=O)OCC. The number of carbonyl (C=O) groups excluding carboxylic acids is 1. The topological polar surface area (TPSA) is 72.5 Å². The number of rotatable bonds is 4. The van der Waals surface area contributed by atoms with Gasteiger partial charge in [-0.3, -0.25) is 4.79 Å². The molecule has 0 amide bonds. The van der Waals surface area contributed by atoms with Crippen LogP contribution < -0.4 is 5.73 Å². The molecular weight excluding hydrogens is 146 g/mol. The van der Waals surface area contributed by atoms with Gasteiger partial charge in [-0.25, -0.2) is 0 Å². The van der Waals surface area contributed by atoms with Crippen molar-refractivity contribution in [2.24, 2.45) is 5.73 Å². The zero-order chi connectivity index (χ0) is 8.85.